The van der Waals surface area contributed by atoms with Crippen LogP contribution in [0.3, 0.4) is 0 Å². The molecule has 0 saturated heterocycles. The zero-order chi connectivity index (χ0) is 15.2. The topological polar surface area (TPSA) is 76.1 Å². The van der Waals surface area contributed by atoms with Gasteiger partial charge in [0, 0.05) is 18.3 Å². The van der Waals surface area contributed by atoms with Gasteiger partial charge in [-0.3, -0.25) is 9.78 Å². The Bertz CT molecular complexity index is 649. The lowest BCUT2D eigenvalue weighted by atomic mass is 10.3. The van der Waals surface area contributed by atoms with Crippen LogP contribution in [0, 0.1) is 0 Å². The molecule has 0 atom stereocenters. The summed E-state index contributed by atoms with van der Waals surface area (Å²) in [5, 5.41) is 5.77. The van der Waals surface area contributed by atoms with Crippen molar-refractivity contribution < 1.29 is 9.53 Å². The molecule has 21 heavy (non-hydrogen) atoms. The number of aromatic nitrogens is 2. The second kappa shape index (κ2) is 7.03. The van der Waals surface area contributed by atoms with Crippen LogP contribution in [0.1, 0.15) is 17.4 Å². The van der Waals surface area contributed by atoms with E-state index < -0.39 is 0 Å². The van der Waals surface area contributed by atoms with Gasteiger partial charge in [-0.1, -0.05) is 0 Å². The molecule has 7 heteroatoms. The lowest BCUT2D eigenvalue weighted by Crippen LogP contribution is -2.15. The average molecular weight is 351 g/mol. The van der Waals surface area contributed by atoms with E-state index in [1.807, 2.05) is 6.92 Å². The lowest BCUT2D eigenvalue weighted by Gasteiger charge is -2.09. The van der Waals surface area contributed by atoms with Crippen LogP contribution in [0.5, 0.6) is 5.75 Å². The number of hydrogen-bond acceptors (Lipinski definition) is 5. The Balaban J connectivity index is 2.16. The Kier molecular flexibility index (Phi) is 5.10. The Morgan fingerprint density at radius 2 is 2.19 bits per heavy atom. The molecular weight excluding hydrogens is 336 g/mol. The minimum atomic E-state index is -0.327. The van der Waals surface area contributed by atoms with Crippen LogP contribution >= 0.6 is 15.9 Å². The molecule has 0 unspecified atom stereocenters. The molecule has 2 aromatic rings. The molecule has 0 aliphatic heterocycles. The van der Waals surface area contributed by atoms with E-state index in [1.165, 1.54) is 6.20 Å². The summed E-state index contributed by atoms with van der Waals surface area (Å²) in [6.45, 7) is 2.66. The summed E-state index contributed by atoms with van der Waals surface area (Å²) in [6.07, 6.45) is 3.00. The maximum absolute atomic E-state index is 12.2. The van der Waals surface area contributed by atoms with Crippen molar-refractivity contribution in [2.45, 2.75) is 6.92 Å². The molecule has 1 amide bonds. The molecule has 0 fully saturated rings. The third kappa shape index (κ3) is 3.91. The highest BCUT2D eigenvalue weighted by Crippen LogP contribution is 2.27. The maximum atomic E-state index is 12.2. The van der Waals surface area contributed by atoms with Crippen LogP contribution in [0.2, 0.25) is 0 Å². The van der Waals surface area contributed by atoms with Crippen LogP contribution in [0.15, 0.2) is 35.1 Å². The Hall–Kier alpha value is -2.15. The fraction of sp³-hybridized carbons (Fsp3) is 0.214. The zero-order valence-electron chi connectivity index (χ0n) is 11.7. The SMILES string of the molecule is CCNc1cncc(C(=O)Nc2ccc(Br)c(OC)c2)n1. The fourth-order valence-corrected chi connectivity index (χ4v) is 2.08. The molecule has 0 saturated carbocycles. The van der Waals surface area contributed by atoms with Gasteiger partial charge in [0.2, 0.25) is 0 Å². The monoisotopic (exact) mass is 350 g/mol. The number of carbonyl (C=O) groups excluding carboxylic acids is 1. The molecule has 0 bridgehead atoms. The van der Waals surface area contributed by atoms with Crippen molar-refractivity contribution in [3.63, 3.8) is 0 Å². The van der Waals surface area contributed by atoms with E-state index in [4.69, 9.17) is 4.74 Å². The number of hydrogen-bond donors (Lipinski definition) is 2. The van der Waals surface area contributed by atoms with Gasteiger partial charge in [-0.15, -0.1) is 0 Å². The van der Waals surface area contributed by atoms with E-state index in [-0.39, 0.29) is 11.6 Å². The average Bonchev–Trinajstić information content (AvgIpc) is 2.50. The van der Waals surface area contributed by atoms with Crippen molar-refractivity contribution in [2.24, 2.45) is 0 Å². The number of halogens is 1. The second-order valence-corrected chi connectivity index (χ2v) is 4.98. The molecule has 0 spiro atoms. The number of nitrogens with zero attached hydrogens (tertiary/aromatic N) is 2. The number of carbonyl (C=O) groups is 1. The molecular formula is C14H15BrN4O2. The van der Waals surface area contributed by atoms with E-state index in [2.05, 4.69) is 36.5 Å². The predicted octanol–water partition coefficient (Wildman–Crippen LogP) is 2.93. The summed E-state index contributed by atoms with van der Waals surface area (Å²) in [6, 6.07) is 5.30. The van der Waals surface area contributed by atoms with Crippen molar-refractivity contribution in [3.05, 3.63) is 40.8 Å². The predicted molar refractivity (Wildman–Crippen MR) is 84.8 cm³/mol. The maximum Gasteiger partial charge on any atom is 0.275 e. The van der Waals surface area contributed by atoms with Gasteiger partial charge < -0.3 is 15.4 Å². The summed E-state index contributed by atoms with van der Waals surface area (Å²) < 4.78 is 6.00. The van der Waals surface area contributed by atoms with Crippen LogP contribution in [0.25, 0.3) is 0 Å². The summed E-state index contributed by atoms with van der Waals surface area (Å²) in [5.74, 6) is 0.880. The summed E-state index contributed by atoms with van der Waals surface area (Å²) >= 11 is 3.36. The first kappa shape index (κ1) is 15.2. The molecule has 1 aromatic heterocycles. The van der Waals surface area contributed by atoms with Gasteiger partial charge in [0.1, 0.15) is 17.3 Å². The zero-order valence-corrected chi connectivity index (χ0v) is 13.3. The second-order valence-electron chi connectivity index (χ2n) is 4.12. The van der Waals surface area contributed by atoms with Gasteiger partial charge in [0.05, 0.1) is 24.0 Å². The molecule has 0 aliphatic carbocycles. The van der Waals surface area contributed by atoms with Gasteiger partial charge in [-0.2, -0.15) is 0 Å². The Morgan fingerprint density at radius 3 is 2.90 bits per heavy atom. The third-order valence-corrected chi connectivity index (χ3v) is 3.29. The summed E-state index contributed by atoms with van der Waals surface area (Å²) in [4.78, 5) is 20.3. The van der Waals surface area contributed by atoms with E-state index >= 15 is 0 Å². The van der Waals surface area contributed by atoms with Gasteiger partial charge in [-0.05, 0) is 35.0 Å². The van der Waals surface area contributed by atoms with Crippen molar-refractivity contribution in [1.29, 1.82) is 0 Å². The van der Waals surface area contributed by atoms with Crippen LogP contribution in [0.4, 0.5) is 11.5 Å². The minimum absolute atomic E-state index is 0.246. The van der Waals surface area contributed by atoms with Crippen molar-refractivity contribution >= 4 is 33.3 Å². The quantitative estimate of drug-likeness (QED) is 0.866. The molecule has 0 radical (unpaired) electrons. The Labute approximate surface area is 131 Å². The van der Waals surface area contributed by atoms with Gasteiger partial charge in [0.15, 0.2) is 0 Å². The number of amides is 1. The first-order chi connectivity index (χ1) is 10.1. The van der Waals surface area contributed by atoms with E-state index in [0.29, 0.717) is 23.8 Å². The molecule has 1 heterocycles. The molecule has 1 aromatic carbocycles. The first-order valence-corrected chi connectivity index (χ1v) is 7.14. The highest BCUT2D eigenvalue weighted by atomic mass is 79.9. The largest absolute Gasteiger partial charge is 0.495 e. The van der Waals surface area contributed by atoms with Crippen LogP contribution < -0.4 is 15.4 Å². The van der Waals surface area contributed by atoms with Gasteiger partial charge >= 0.3 is 0 Å². The first-order valence-electron chi connectivity index (χ1n) is 6.35. The van der Waals surface area contributed by atoms with Crippen LogP contribution in [-0.2, 0) is 0 Å². The number of rotatable bonds is 5. The standard InChI is InChI=1S/C14H15BrN4O2/c1-3-17-13-8-16-7-11(19-13)14(20)18-9-4-5-10(15)12(6-9)21-2/h4-8H,3H2,1-2H3,(H,17,19)(H,18,20). The summed E-state index contributed by atoms with van der Waals surface area (Å²) in [5.41, 5.74) is 0.867. The van der Waals surface area contributed by atoms with Crippen molar-refractivity contribution in [2.75, 3.05) is 24.3 Å². The number of methoxy groups -OCH3 is 1. The van der Waals surface area contributed by atoms with Gasteiger partial charge in [0.25, 0.3) is 5.91 Å². The highest BCUT2D eigenvalue weighted by Gasteiger charge is 2.10. The van der Waals surface area contributed by atoms with Crippen molar-refractivity contribution in [3.8, 4) is 5.75 Å². The third-order valence-electron chi connectivity index (χ3n) is 2.63. The smallest absolute Gasteiger partial charge is 0.275 e. The normalized spacial score (nSPS) is 10.0. The number of ether oxygens (including phenoxy) is 1. The van der Waals surface area contributed by atoms with E-state index in [9.17, 15) is 4.79 Å². The molecule has 110 valence electrons. The number of nitrogens with one attached hydrogen (secondary N) is 2. The summed E-state index contributed by atoms with van der Waals surface area (Å²) in [7, 11) is 1.57. The minimum Gasteiger partial charge on any atom is -0.495 e. The lowest BCUT2D eigenvalue weighted by molar-refractivity contribution is 0.102. The highest BCUT2D eigenvalue weighted by molar-refractivity contribution is 9.10. The van der Waals surface area contributed by atoms with E-state index in [1.54, 1.807) is 31.5 Å². The molecule has 6 nitrogen and oxygen atoms in total. The van der Waals surface area contributed by atoms with Crippen LogP contribution in [-0.4, -0.2) is 29.5 Å². The molecule has 0 aliphatic rings. The van der Waals surface area contributed by atoms with Gasteiger partial charge in [-0.25, -0.2) is 4.98 Å². The molecule has 2 rings (SSSR count). The Morgan fingerprint density at radius 1 is 1.38 bits per heavy atom. The molecule has 2 N–H and O–H groups in total. The number of anilines is 2. The van der Waals surface area contributed by atoms with E-state index in [0.717, 1.165) is 4.47 Å². The fourth-order valence-electron chi connectivity index (χ4n) is 1.67. The van der Waals surface area contributed by atoms with Crippen molar-refractivity contribution in [1.82, 2.24) is 9.97 Å². The number of benzene rings is 1.